The second-order valence-electron chi connectivity index (χ2n) is 4.18. The summed E-state index contributed by atoms with van der Waals surface area (Å²) in [5.74, 6) is -0.389. The van der Waals surface area contributed by atoms with E-state index < -0.39 is 0 Å². The quantitative estimate of drug-likeness (QED) is 0.835. The van der Waals surface area contributed by atoms with E-state index in [1.54, 1.807) is 0 Å². The molecule has 0 aliphatic heterocycles. The van der Waals surface area contributed by atoms with Crippen LogP contribution in [0.5, 0.6) is 0 Å². The maximum atomic E-state index is 10.8. The van der Waals surface area contributed by atoms with Crippen LogP contribution in [-0.2, 0) is 4.79 Å². The van der Waals surface area contributed by atoms with Crippen molar-refractivity contribution in [2.45, 2.75) is 19.4 Å². The Morgan fingerprint density at radius 2 is 2.12 bits per heavy atom. The Morgan fingerprint density at radius 3 is 2.82 bits per heavy atom. The van der Waals surface area contributed by atoms with Gasteiger partial charge in [-0.3, -0.25) is 9.78 Å². The molecule has 0 radical (unpaired) electrons. The molecule has 0 fully saturated rings. The SMILES string of the molecule is Cc1ccc2cc([C@@H](N)CC(N)=O)ccc2n1. The highest BCUT2D eigenvalue weighted by molar-refractivity contribution is 5.80. The molecule has 1 aromatic carbocycles. The molecule has 0 saturated carbocycles. The number of carbonyl (C=O) groups is 1. The van der Waals surface area contributed by atoms with Gasteiger partial charge in [0.25, 0.3) is 0 Å². The molecule has 0 unspecified atom stereocenters. The summed E-state index contributed by atoms with van der Waals surface area (Å²) in [6, 6.07) is 9.36. The molecule has 0 saturated heterocycles. The zero-order chi connectivity index (χ0) is 12.4. The number of carbonyl (C=O) groups excluding carboxylic acids is 1. The minimum Gasteiger partial charge on any atom is -0.370 e. The van der Waals surface area contributed by atoms with Crippen molar-refractivity contribution >= 4 is 16.8 Å². The fourth-order valence-electron chi connectivity index (χ4n) is 1.81. The van der Waals surface area contributed by atoms with E-state index in [4.69, 9.17) is 11.5 Å². The minimum atomic E-state index is -0.389. The molecule has 17 heavy (non-hydrogen) atoms. The van der Waals surface area contributed by atoms with Crippen LogP contribution in [0.4, 0.5) is 0 Å². The molecule has 0 spiro atoms. The van der Waals surface area contributed by atoms with Crippen LogP contribution in [0.3, 0.4) is 0 Å². The predicted octanol–water partition coefficient (Wildman–Crippen LogP) is 1.42. The predicted molar refractivity (Wildman–Crippen MR) is 67.2 cm³/mol. The molecule has 0 aliphatic rings. The van der Waals surface area contributed by atoms with Gasteiger partial charge in [-0.25, -0.2) is 0 Å². The minimum absolute atomic E-state index is 0.158. The standard InChI is InChI=1S/C13H15N3O/c1-8-2-3-10-6-9(4-5-12(10)16-8)11(14)7-13(15)17/h2-6,11H,7,14H2,1H3,(H2,15,17)/t11-/m0/s1. The van der Waals surface area contributed by atoms with Crippen LogP contribution in [-0.4, -0.2) is 10.9 Å². The Kier molecular flexibility index (Phi) is 3.06. The van der Waals surface area contributed by atoms with Gasteiger partial charge in [0.1, 0.15) is 0 Å². The number of nitrogens with two attached hydrogens (primary N) is 2. The van der Waals surface area contributed by atoms with Gasteiger partial charge in [-0.15, -0.1) is 0 Å². The van der Waals surface area contributed by atoms with Gasteiger partial charge < -0.3 is 11.5 Å². The zero-order valence-electron chi connectivity index (χ0n) is 9.68. The number of aromatic nitrogens is 1. The lowest BCUT2D eigenvalue weighted by atomic mass is 10.0. The summed E-state index contributed by atoms with van der Waals surface area (Å²) in [6.45, 7) is 1.95. The van der Waals surface area contributed by atoms with Crippen molar-refractivity contribution in [2.24, 2.45) is 11.5 Å². The van der Waals surface area contributed by atoms with E-state index in [1.807, 2.05) is 37.3 Å². The van der Waals surface area contributed by atoms with E-state index in [9.17, 15) is 4.79 Å². The van der Waals surface area contributed by atoms with Gasteiger partial charge in [0.05, 0.1) is 5.52 Å². The first kappa shape index (κ1) is 11.5. The zero-order valence-corrected chi connectivity index (χ0v) is 9.68. The number of pyridine rings is 1. The van der Waals surface area contributed by atoms with Crippen molar-refractivity contribution in [2.75, 3.05) is 0 Å². The number of rotatable bonds is 3. The first-order valence-corrected chi connectivity index (χ1v) is 5.47. The fraction of sp³-hybridized carbons (Fsp3) is 0.231. The van der Waals surface area contributed by atoms with Crippen molar-refractivity contribution in [3.05, 3.63) is 41.6 Å². The van der Waals surface area contributed by atoms with Crippen molar-refractivity contribution in [1.29, 1.82) is 0 Å². The molecule has 0 aliphatic carbocycles. The van der Waals surface area contributed by atoms with E-state index in [0.717, 1.165) is 22.2 Å². The van der Waals surface area contributed by atoms with Crippen molar-refractivity contribution < 1.29 is 4.79 Å². The highest BCUT2D eigenvalue weighted by Gasteiger charge is 2.09. The van der Waals surface area contributed by atoms with Crippen LogP contribution < -0.4 is 11.5 Å². The Labute approximate surface area is 99.6 Å². The largest absolute Gasteiger partial charge is 0.370 e. The molecule has 2 rings (SSSR count). The Bertz CT molecular complexity index is 566. The average molecular weight is 229 g/mol. The number of aryl methyl sites for hydroxylation is 1. The summed E-state index contributed by atoms with van der Waals surface area (Å²) in [4.78, 5) is 15.2. The summed E-state index contributed by atoms with van der Waals surface area (Å²) in [6.07, 6.45) is 0.158. The third kappa shape index (κ3) is 2.60. The molecule has 88 valence electrons. The number of fused-ring (bicyclic) bond motifs is 1. The molecule has 1 aromatic heterocycles. The summed E-state index contributed by atoms with van der Waals surface area (Å²) < 4.78 is 0. The van der Waals surface area contributed by atoms with Gasteiger partial charge in [0.2, 0.25) is 5.91 Å². The molecule has 1 heterocycles. The number of nitrogens with zero attached hydrogens (tertiary/aromatic N) is 1. The number of amides is 1. The highest BCUT2D eigenvalue weighted by Crippen LogP contribution is 2.20. The van der Waals surface area contributed by atoms with E-state index in [1.165, 1.54) is 0 Å². The molecule has 0 bridgehead atoms. The summed E-state index contributed by atoms with van der Waals surface area (Å²) >= 11 is 0. The molecule has 4 heteroatoms. The van der Waals surface area contributed by atoms with E-state index in [2.05, 4.69) is 4.98 Å². The second kappa shape index (κ2) is 4.51. The van der Waals surface area contributed by atoms with Gasteiger partial charge in [-0.2, -0.15) is 0 Å². The van der Waals surface area contributed by atoms with Crippen LogP contribution in [0.1, 0.15) is 23.7 Å². The average Bonchev–Trinajstić information content (AvgIpc) is 2.27. The lowest BCUT2D eigenvalue weighted by Gasteiger charge is -2.10. The maximum absolute atomic E-state index is 10.8. The first-order chi connectivity index (χ1) is 8.06. The van der Waals surface area contributed by atoms with E-state index in [-0.39, 0.29) is 18.4 Å². The molecule has 4 nitrogen and oxygen atoms in total. The molecule has 1 amide bonds. The number of hydrogen-bond acceptors (Lipinski definition) is 3. The Hall–Kier alpha value is -1.94. The van der Waals surface area contributed by atoms with E-state index in [0.29, 0.717) is 0 Å². The lowest BCUT2D eigenvalue weighted by molar-refractivity contribution is -0.118. The van der Waals surface area contributed by atoms with Gasteiger partial charge in [0.15, 0.2) is 0 Å². The highest BCUT2D eigenvalue weighted by atomic mass is 16.1. The van der Waals surface area contributed by atoms with Crippen LogP contribution in [0, 0.1) is 6.92 Å². The van der Waals surface area contributed by atoms with Crippen molar-refractivity contribution in [3.63, 3.8) is 0 Å². The van der Waals surface area contributed by atoms with Crippen LogP contribution in [0.2, 0.25) is 0 Å². The van der Waals surface area contributed by atoms with E-state index >= 15 is 0 Å². The fourth-order valence-corrected chi connectivity index (χ4v) is 1.81. The van der Waals surface area contributed by atoms with Gasteiger partial charge in [-0.1, -0.05) is 12.1 Å². The number of primary amides is 1. The molecule has 1 atom stereocenters. The monoisotopic (exact) mass is 229 g/mol. The topological polar surface area (TPSA) is 82.0 Å². The third-order valence-corrected chi connectivity index (χ3v) is 2.70. The van der Waals surface area contributed by atoms with Crippen LogP contribution >= 0.6 is 0 Å². The van der Waals surface area contributed by atoms with Gasteiger partial charge in [-0.05, 0) is 30.7 Å². The lowest BCUT2D eigenvalue weighted by Crippen LogP contribution is -2.20. The van der Waals surface area contributed by atoms with Crippen LogP contribution in [0.25, 0.3) is 10.9 Å². The second-order valence-corrected chi connectivity index (χ2v) is 4.18. The van der Waals surface area contributed by atoms with Crippen molar-refractivity contribution in [3.8, 4) is 0 Å². The molecular formula is C13H15N3O. The van der Waals surface area contributed by atoms with Gasteiger partial charge in [0, 0.05) is 23.5 Å². The maximum Gasteiger partial charge on any atom is 0.219 e. The van der Waals surface area contributed by atoms with Crippen LogP contribution in [0.15, 0.2) is 30.3 Å². The summed E-state index contributed by atoms with van der Waals surface area (Å²) in [5, 5.41) is 1.02. The molecule has 4 N–H and O–H groups in total. The van der Waals surface area contributed by atoms with Gasteiger partial charge >= 0.3 is 0 Å². The normalized spacial score (nSPS) is 12.6. The van der Waals surface area contributed by atoms with Crippen molar-refractivity contribution in [1.82, 2.24) is 4.98 Å². The summed E-state index contributed by atoms with van der Waals surface area (Å²) in [5.41, 5.74) is 13.8. The Balaban J connectivity index is 2.37. The Morgan fingerprint density at radius 1 is 1.35 bits per heavy atom. The molecule has 2 aromatic rings. The number of benzene rings is 1. The molecular weight excluding hydrogens is 214 g/mol. The third-order valence-electron chi connectivity index (χ3n) is 2.70. The summed E-state index contributed by atoms with van der Waals surface area (Å²) in [7, 11) is 0. The smallest absolute Gasteiger partial charge is 0.219 e. The number of hydrogen-bond donors (Lipinski definition) is 2. The first-order valence-electron chi connectivity index (χ1n) is 5.47.